The van der Waals surface area contributed by atoms with Gasteiger partial charge in [0.25, 0.3) is 5.91 Å². The van der Waals surface area contributed by atoms with Gasteiger partial charge in [0.05, 0.1) is 17.7 Å². The van der Waals surface area contributed by atoms with Crippen molar-refractivity contribution in [1.82, 2.24) is 20.5 Å². The van der Waals surface area contributed by atoms with E-state index >= 15 is 0 Å². The monoisotopic (exact) mass is 495 g/mol. The summed E-state index contributed by atoms with van der Waals surface area (Å²) in [6.45, 7) is 3.86. The van der Waals surface area contributed by atoms with Crippen LogP contribution in [0, 0.1) is 11.3 Å². The fourth-order valence-electron chi connectivity index (χ4n) is 4.50. The number of aromatic nitrogens is 3. The highest BCUT2D eigenvalue weighted by Crippen LogP contribution is 2.39. The zero-order chi connectivity index (χ0) is 25.1. The Hall–Kier alpha value is -4.09. The summed E-state index contributed by atoms with van der Waals surface area (Å²) >= 11 is 1.50. The smallest absolute Gasteiger partial charge is 0.251 e. The first-order chi connectivity index (χ1) is 17.5. The number of ether oxygens (including phenoxy) is 1. The van der Waals surface area contributed by atoms with Crippen molar-refractivity contribution < 1.29 is 9.53 Å². The van der Waals surface area contributed by atoms with Crippen molar-refractivity contribution in [3.8, 4) is 33.0 Å². The molecule has 1 aliphatic rings. The van der Waals surface area contributed by atoms with E-state index in [1.807, 2.05) is 32.0 Å². The fourth-order valence-corrected chi connectivity index (χ4v) is 5.39. The molecule has 0 bridgehead atoms. The molecular formula is C28H25N5O2S. The van der Waals surface area contributed by atoms with Crippen LogP contribution in [0.5, 0.6) is 5.75 Å². The van der Waals surface area contributed by atoms with Crippen molar-refractivity contribution in [2.75, 3.05) is 0 Å². The van der Waals surface area contributed by atoms with Crippen LogP contribution in [0.3, 0.4) is 0 Å². The summed E-state index contributed by atoms with van der Waals surface area (Å²) in [7, 11) is 0. The highest BCUT2D eigenvalue weighted by Gasteiger charge is 2.25. The molecule has 0 saturated heterocycles. The lowest BCUT2D eigenvalue weighted by atomic mass is 9.85. The summed E-state index contributed by atoms with van der Waals surface area (Å²) < 4.78 is 5.74. The Labute approximate surface area is 213 Å². The molecule has 1 aliphatic carbocycles. The number of rotatable bonds is 6. The molecule has 7 nitrogen and oxygen atoms in total. The first-order valence-electron chi connectivity index (χ1n) is 11.9. The molecule has 0 unspecified atom stereocenters. The van der Waals surface area contributed by atoms with Gasteiger partial charge in [0, 0.05) is 29.1 Å². The van der Waals surface area contributed by atoms with E-state index in [1.165, 1.54) is 16.9 Å². The number of amides is 1. The average molecular weight is 496 g/mol. The predicted octanol–water partition coefficient (Wildman–Crippen LogP) is 5.73. The van der Waals surface area contributed by atoms with Crippen LogP contribution in [0.15, 0.2) is 60.9 Å². The normalized spacial score (nSPS) is 14.7. The Morgan fingerprint density at radius 1 is 1.14 bits per heavy atom. The molecule has 8 heteroatoms. The molecule has 0 fully saturated rings. The zero-order valence-electron chi connectivity index (χ0n) is 20.1. The van der Waals surface area contributed by atoms with Gasteiger partial charge in [-0.1, -0.05) is 29.5 Å². The van der Waals surface area contributed by atoms with Crippen LogP contribution in [0.25, 0.3) is 21.1 Å². The van der Waals surface area contributed by atoms with Gasteiger partial charge in [-0.15, -0.1) is 10.2 Å². The van der Waals surface area contributed by atoms with Crippen LogP contribution >= 0.6 is 11.3 Å². The van der Waals surface area contributed by atoms with E-state index in [1.54, 1.807) is 30.6 Å². The predicted molar refractivity (Wildman–Crippen MR) is 139 cm³/mol. The standard InChI is InChI=1S/C28H25N5O2S/c1-17(2)35-25-10-9-19(15-20(25)16-29)27-32-33-28(36-27)23-7-3-6-22-21(23)5-4-8-24(22)31-26(34)18-11-13-30-14-12-18/h3,6-7,9-15,17,24H,4-5,8H2,1-2H3,(H,31,34)/t24-/m1/s1. The molecule has 5 rings (SSSR count). The van der Waals surface area contributed by atoms with E-state index in [0.717, 1.165) is 46.0 Å². The minimum absolute atomic E-state index is 0.0151. The number of hydrogen-bond acceptors (Lipinski definition) is 7. The number of fused-ring (bicyclic) bond motifs is 1. The second-order valence-corrected chi connectivity index (χ2v) is 9.91. The molecule has 180 valence electrons. The third-order valence-electron chi connectivity index (χ3n) is 6.12. The van der Waals surface area contributed by atoms with Crippen LogP contribution in [-0.2, 0) is 6.42 Å². The Kier molecular flexibility index (Phi) is 6.74. The molecule has 2 aromatic carbocycles. The summed E-state index contributed by atoms with van der Waals surface area (Å²) in [4.78, 5) is 16.8. The van der Waals surface area contributed by atoms with Gasteiger partial charge in [0.15, 0.2) is 0 Å². The summed E-state index contributed by atoms with van der Waals surface area (Å²) in [6, 6.07) is 17.3. The molecule has 1 N–H and O–H groups in total. The highest BCUT2D eigenvalue weighted by atomic mass is 32.1. The molecule has 0 aliphatic heterocycles. The molecule has 36 heavy (non-hydrogen) atoms. The molecule has 4 aromatic rings. The zero-order valence-corrected chi connectivity index (χ0v) is 20.9. The SMILES string of the molecule is CC(C)Oc1ccc(-c2nnc(-c3cccc4c3CCC[C@H]4NC(=O)c3ccncc3)s2)cc1C#N. The van der Waals surface area contributed by atoms with Crippen molar-refractivity contribution in [2.45, 2.75) is 45.3 Å². The average Bonchev–Trinajstić information content (AvgIpc) is 3.39. The maximum absolute atomic E-state index is 12.8. The van der Waals surface area contributed by atoms with E-state index in [0.29, 0.717) is 16.9 Å². The number of pyridine rings is 1. The minimum atomic E-state index is -0.1000. The summed E-state index contributed by atoms with van der Waals surface area (Å²) in [5, 5.41) is 23.3. The van der Waals surface area contributed by atoms with Crippen LogP contribution in [0.1, 0.15) is 59.8 Å². The van der Waals surface area contributed by atoms with Gasteiger partial charge in [0.2, 0.25) is 0 Å². The Bertz CT molecular complexity index is 1440. The molecule has 1 amide bonds. The number of nitriles is 1. The Balaban J connectivity index is 1.43. The molecule has 1 atom stereocenters. The van der Waals surface area contributed by atoms with Crippen LogP contribution < -0.4 is 10.1 Å². The molecule has 0 radical (unpaired) electrons. The van der Waals surface area contributed by atoms with Gasteiger partial charge in [-0.05, 0) is 74.6 Å². The highest BCUT2D eigenvalue weighted by molar-refractivity contribution is 7.17. The van der Waals surface area contributed by atoms with Crippen molar-refractivity contribution >= 4 is 17.2 Å². The van der Waals surface area contributed by atoms with Crippen molar-refractivity contribution in [2.24, 2.45) is 0 Å². The fraction of sp³-hybridized carbons (Fsp3) is 0.250. The van der Waals surface area contributed by atoms with Gasteiger partial charge in [-0.2, -0.15) is 5.26 Å². The molecule has 0 spiro atoms. The molecule has 0 saturated carbocycles. The number of carbonyl (C=O) groups excluding carboxylic acids is 1. The lowest BCUT2D eigenvalue weighted by Gasteiger charge is -2.27. The maximum Gasteiger partial charge on any atom is 0.251 e. The minimum Gasteiger partial charge on any atom is -0.490 e. The van der Waals surface area contributed by atoms with E-state index in [4.69, 9.17) is 4.74 Å². The van der Waals surface area contributed by atoms with Crippen molar-refractivity contribution in [1.29, 1.82) is 5.26 Å². The first-order valence-corrected chi connectivity index (χ1v) is 12.7. The Morgan fingerprint density at radius 3 is 2.72 bits per heavy atom. The van der Waals surface area contributed by atoms with Gasteiger partial charge >= 0.3 is 0 Å². The Morgan fingerprint density at radius 2 is 1.94 bits per heavy atom. The second kappa shape index (κ2) is 10.3. The third-order valence-corrected chi connectivity index (χ3v) is 7.13. The van der Waals surface area contributed by atoms with Crippen LogP contribution in [0.2, 0.25) is 0 Å². The lowest BCUT2D eigenvalue weighted by molar-refractivity contribution is 0.0932. The van der Waals surface area contributed by atoms with Crippen molar-refractivity contribution in [3.05, 3.63) is 83.2 Å². The van der Waals surface area contributed by atoms with E-state index < -0.39 is 0 Å². The van der Waals surface area contributed by atoms with E-state index in [-0.39, 0.29) is 18.1 Å². The summed E-state index contributed by atoms with van der Waals surface area (Å²) in [5.74, 6) is 0.468. The second-order valence-electron chi connectivity index (χ2n) is 8.93. The third kappa shape index (κ3) is 4.83. The largest absolute Gasteiger partial charge is 0.490 e. The lowest BCUT2D eigenvalue weighted by Crippen LogP contribution is -2.31. The number of benzene rings is 2. The maximum atomic E-state index is 12.8. The van der Waals surface area contributed by atoms with E-state index in [2.05, 4.69) is 38.7 Å². The number of hydrogen-bond donors (Lipinski definition) is 1. The van der Waals surface area contributed by atoms with Crippen molar-refractivity contribution in [3.63, 3.8) is 0 Å². The van der Waals surface area contributed by atoms with Gasteiger partial charge in [-0.25, -0.2) is 0 Å². The first kappa shape index (κ1) is 23.6. The number of carbonyl (C=O) groups is 1. The molecular weight excluding hydrogens is 470 g/mol. The molecule has 2 aromatic heterocycles. The number of nitrogens with zero attached hydrogens (tertiary/aromatic N) is 4. The number of nitrogens with one attached hydrogen (secondary N) is 1. The van der Waals surface area contributed by atoms with Gasteiger partial charge < -0.3 is 10.1 Å². The quantitative estimate of drug-likeness (QED) is 0.366. The van der Waals surface area contributed by atoms with Crippen LogP contribution in [-0.4, -0.2) is 27.2 Å². The van der Waals surface area contributed by atoms with Crippen LogP contribution in [0.4, 0.5) is 0 Å². The topological polar surface area (TPSA) is 101 Å². The summed E-state index contributed by atoms with van der Waals surface area (Å²) in [5.41, 5.74) is 5.27. The van der Waals surface area contributed by atoms with Gasteiger partial charge in [0.1, 0.15) is 21.8 Å². The molecule has 2 heterocycles. The van der Waals surface area contributed by atoms with E-state index in [9.17, 15) is 10.1 Å². The summed E-state index contributed by atoms with van der Waals surface area (Å²) in [6.07, 6.45) is 6.01. The van der Waals surface area contributed by atoms with Gasteiger partial charge in [-0.3, -0.25) is 9.78 Å².